The number of hydrazine groups is 1. The normalized spacial score (nSPS) is 14.6. The van der Waals surface area contributed by atoms with E-state index < -0.39 is 32.6 Å². The number of para-hydroxylation sites is 1. The highest BCUT2D eigenvalue weighted by Gasteiger charge is 2.30. The van der Waals surface area contributed by atoms with Crippen molar-refractivity contribution in [3.05, 3.63) is 65.2 Å². The maximum atomic E-state index is 14.2. The molecule has 0 aliphatic carbocycles. The van der Waals surface area contributed by atoms with Gasteiger partial charge >= 0.3 is 5.91 Å². The third kappa shape index (κ3) is 3.91. The largest absolute Gasteiger partial charge is 0.451 e. The SMILES string of the molecule is Cc1c(C(=O)NNC(=O)c2ccc(F)c(S(=O)(=O)N3CCCC3)c2)oc2ccccc12. The summed E-state index contributed by atoms with van der Waals surface area (Å²) in [5, 5.41) is 0.772. The summed E-state index contributed by atoms with van der Waals surface area (Å²) < 4.78 is 46.3. The van der Waals surface area contributed by atoms with E-state index in [0.717, 1.165) is 23.6 Å². The second kappa shape index (κ2) is 8.12. The number of fused-ring (bicyclic) bond motifs is 1. The second-order valence-electron chi connectivity index (χ2n) is 7.22. The van der Waals surface area contributed by atoms with Gasteiger partial charge in [-0.05, 0) is 44.0 Å². The first-order valence-electron chi connectivity index (χ1n) is 9.67. The number of nitrogens with zero attached hydrogens (tertiary/aromatic N) is 1. The molecular formula is C21H20FN3O5S. The molecule has 0 spiro atoms. The van der Waals surface area contributed by atoms with Gasteiger partial charge in [-0.1, -0.05) is 18.2 Å². The Morgan fingerprint density at radius 3 is 2.42 bits per heavy atom. The molecule has 1 saturated heterocycles. The summed E-state index contributed by atoms with van der Waals surface area (Å²) in [4.78, 5) is 24.3. The van der Waals surface area contributed by atoms with Gasteiger partial charge in [0.05, 0.1) is 0 Å². The first kappa shape index (κ1) is 21.0. The molecule has 0 unspecified atom stereocenters. The van der Waals surface area contributed by atoms with Gasteiger partial charge in [-0.2, -0.15) is 4.31 Å². The third-order valence-corrected chi connectivity index (χ3v) is 7.13. The summed E-state index contributed by atoms with van der Waals surface area (Å²) in [5.41, 5.74) is 5.49. The maximum absolute atomic E-state index is 14.2. The van der Waals surface area contributed by atoms with Crippen molar-refractivity contribution >= 4 is 32.8 Å². The van der Waals surface area contributed by atoms with Gasteiger partial charge in [0.1, 0.15) is 16.3 Å². The molecule has 2 N–H and O–H groups in total. The van der Waals surface area contributed by atoms with E-state index in [1.165, 1.54) is 4.31 Å². The number of benzene rings is 2. The van der Waals surface area contributed by atoms with Crippen LogP contribution in [-0.2, 0) is 10.0 Å². The molecular weight excluding hydrogens is 425 g/mol. The van der Waals surface area contributed by atoms with Crippen molar-refractivity contribution in [1.82, 2.24) is 15.2 Å². The molecule has 0 saturated carbocycles. The van der Waals surface area contributed by atoms with Crippen LogP contribution in [0.4, 0.5) is 4.39 Å². The molecule has 0 radical (unpaired) electrons. The Hall–Kier alpha value is -3.24. The van der Waals surface area contributed by atoms with E-state index in [-0.39, 0.29) is 11.3 Å². The van der Waals surface area contributed by atoms with Gasteiger partial charge in [0.15, 0.2) is 5.76 Å². The minimum absolute atomic E-state index is 0.0397. The van der Waals surface area contributed by atoms with Crippen molar-refractivity contribution < 1.29 is 26.8 Å². The number of sulfonamides is 1. The molecule has 3 aromatic rings. The molecule has 10 heteroatoms. The highest BCUT2D eigenvalue weighted by Crippen LogP contribution is 2.25. The number of furan rings is 1. The van der Waals surface area contributed by atoms with Crippen LogP contribution in [-0.4, -0.2) is 37.6 Å². The molecule has 1 aromatic heterocycles. The van der Waals surface area contributed by atoms with E-state index in [0.29, 0.717) is 37.1 Å². The Bertz CT molecular complexity index is 1280. The second-order valence-corrected chi connectivity index (χ2v) is 9.12. The van der Waals surface area contributed by atoms with Crippen molar-refractivity contribution in [1.29, 1.82) is 0 Å². The van der Waals surface area contributed by atoms with E-state index >= 15 is 0 Å². The summed E-state index contributed by atoms with van der Waals surface area (Å²) in [6, 6.07) is 10.2. The molecule has 2 amide bonds. The van der Waals surface area contributed by atoms with Crippen molar-refractivity contribution in [3.63, 3.8) is 0 Å². The van der Waals surface area contributed by atoms with Crippen LogP contribution >= 0.6 is 0 Å². The van der Waals surface area contributed by atoms with Crippen LogP contribution in [0.15, 0.2) is 51.8 Å². The fraction of sp³-hybridized carbons (Fsp3) is 0.238. The molecule has 0 atom stereocenters. The quantitative estimate of drug-likeness (QED) is 0.601. The van der Waals surface area contributed by atoms with Crippen LogP contribution in [0.25, 0.3) is 11.0 Å². The molecule has 8 nitrogen and oxygen atoms in total. The minimum Gasteiger partial charge on any atom is -0.451 e. The van der Waals surface area contributed by atoms with Gasteiger partial charge < -0.3 is 4.42 Å². The summed E-state index contributed by atoms with van der Waals surface area (Å²) in [7, 11) is -4.04. The van der Waals surface area contributed by atoms with E-state index in [9.17, 15) is 22.4 Å². The molecule has 2 heterocycles. The van der Waals surface area contributed by atoms with E-state index in [2.05, 4.69) is 10.9 Å². The molecule has 31 heavy (non-hydrogen) atoms. The predicted molar refractivity (Wildman–Crippen MR) is 110 cm³/mol. The third-order valence-electron chi connectivity index (χ3n) is 5.22. The zero-order valence-corrected chi connectivity index (χ0v) is 17.5. The van der Waals surface area contributed by atoms with Gasteiger partial charge in [0.25, 0.3) is 5.91 Å². The zero-order valence-electron chi connectivity index (χ0n) is 16.6. The first-order valence-corrected chi connectivity index (χ1v) is 11.1. The molecule has 2 aromatic carbocycles. The maximum Gasteiger partial charge on any atom is 0.305 e. The Balaban J connectivity index is 1.51. The molecule has 1 fully saturated rings. The molecule has 162 valence electrons. The van der Waals surface area contributed by atoms with Crippen LogP contribution in [0.5, 0.6) is 0 Å². The Labute approximate surface area is 178 Å². The van der Waals surface area contributed by atoms with Crippen LogP contribution in [0.3, 0.4) is 0 Å². The van der Waals surface area contributed by atoms with Crippen LogP contribution in [0.2, 0.25) is 0 Å². The Morgan fingerprint density at radius 1 is 1.03 bits per heavy atom. The molecule has 1 aliphatic heterocycles. The van der Waals surface area contributed by atoms with E-state index in [1.807, 2.05) is 12.1 Å². The van der Waals surface area contributed by atoms with Crippen LogP contribution in [0, 0.1) is 12.7 Å². The number of rotatable bonds is 4. The zero-order chi connectivity index (χ0) is 22.2. The van der Waals surface area contributed by atoms with Gasteiger partial charge in [-0.15, -0.1) is 0 Å². The highest BCUT2D eigenvalue weighted by molar-refractivity contribution is 7.89. The van der Waals surface area contributed by atoms with Gasteiger partial charge in [0, 0.05) is 29.6 Å². The first-order chi connectivity index (χ1) is 14.8. The van der Waals surface area contributed by atoms with E-state index in [1.54, 1.807) is 19.1 Å². The van der Waals surface area contributed by atoms with E-state index in [4.69, 9.17) is 4.42 Å². The fourth-order valence-corrected chi connectivity index (χ4v) is 5.15. The number of carbonyl (C=O) groups excluding carboxylic acids is 2. The van der Waals surface area contributed by atoms with Gasteiger partial charge in [-0.25, -0.2) is 12.8 Å². The molecule has 0 bridgehead atoms. The lowest BCUT2D eigenvalue weighted by Gasteiger charge is -2.16. The number of carbonyl (C=O) groups is 2. The van der Waals surface area contributed by atoms with Crippen LogP contribution < -0.4 is 10.9 Å². The monoisotopic (exact) mass is 445 g/mol. The standard InChI is InChI=1S/C21H20FN3O5S/c1-13-15-6-2-3-7-17(15)30-19(13)21(27)24-23-20(26)14-8-9-16(22)18(12-14)31(28,29)25-10-4-5-11-25/h2-3,6-9,12H,4-5,10-11H2,1H3,(H,23,26)(H,24,27). The lowest BCUT2D eigenvalue weighted by atomic mass is 10.1. The van der Waals surface area contributed by atoms with Crippen molar-refractivity contribution in [3.8, 4) is 0 Å². The Kier molecular flexibility index (Phi) is 5.50. The average Bonchev–Trinajstić information content (AvgIpc) is 3.41. The average molecular weight is 445 g/mol. The lowest BCUT2D eigenvalue weighted by molar-refractivity contribution is 0.0831. The van der Waals surface area contributed by atoms with Gasteiger partial charge in [-0.3, -0.25) is 20.4 Å². The summed E-state index contributed by atoms with van der Waals surface area (Å²) in [6.07, 6.45) is 1.41. The predicted octanol–water partition coefficient (Wildman–Crippen LogP) is 2.74. The number of hydrogen-bond acceptors (Lipinski definition) is 5. The van der Waals surface area contributed by atoms with Gasteiger partial charge in [0.2, 0.25) is 10.0 Å². The topological polar surface area (TPSA) is 109 Å². The van der Waals surface area contributed by atoms with Crippen molar-refractivity contribution in [2.75, 3.05) is 13.1 Å². The smallest absolute Gasteiger partial charge is 0.305 e. The van der Waals surface area contributed by atoms with Crippen molar-refractivity contribution in [2.24, 2.45) is 0 Å². The number of amides is 2. The summed E-state index contributed by atoms with van der Waals surface area (Å²) >= 11 is 0. The minimum atomic E-state index is -4.04. The Morgan fingerprint density at radius 2 is 1.71 bits per heavy atom. The number of nitrogens with one attached hydrogen (secondary N) is 2. The lowest BCUT2D eigenvalue weighted by Crippen LogP contribution is -2.41. The fourth-order valence-electron chi connectivity index (χ4n) is 3.54. The summed E-state index contributed by atoms with van der Waals surface area (Å²) in [6.45, 7) is 2.34. The molecule has 4 rings (SSSR count). The number of aryl methyl sites for hydroxylation is 1. The van der Waals surface area contributed by atoms with Crippen molar-refractivity contribution in [2.45, 2.75) is 24.7 Å². The highest BCUT2D eigenvalue weighted by atomic mass is 32.2. The summed E-state index contributed by atoms with van der Waals surface area (Å²) in [5.74, 6) is -2.36. The number of hydrogen-bond donors (Lipinski definition) is 2. The number of halogens is 1. The van der Waals surface area contributed by atoms with Crippen LogP contribution in [0.1, 0.15) is 39.3 Å². The molecule has 1 aliphatic rings.